The quantitative estimate of drug-likeness (QED) is 0.755. The number of aromatic nitrogens is 2. The summed E-state index contributed by atoms with van der Waals surface area (Å²) in [6.07, 6.45) is 6.05. The molecule has 0 aromatic carbocycles. The van der Waals surface area contributed by atoms with Crippen LogP contribution in [0.2, 0.25) is 0 Å². The van der Waals surface area contributed by atoms with Crippen LogP contribution in [0.4, 0.5) is 0 Å². The Balaban J connectivity index is 2.63. The summed E-state index contributed by atoms with van der Waals surface area (Å²) in [5.74, 6) is 1.65. The lowest BCUT2D eigenvalue weighted by molar-refractivity contribution is 0.148. The van der Waals surface area contributed by atoms with E-state index in [9.17, 15) is 0 Å². The van der Waals surface area contributed by atoms with Crippen molar-refractivity contribution >= 4 is 0 Å². The summed E-state index contributed by atoms with van der Waals surface area (Å²) in [5, 5.41) is 3.56. The fraction of sp³-hybridized carbons (Fsp3) is 0.769. The molecule has 1 rings (SSSR count). The SMILES string of the molecule is CCCNC(CC(C)COC)c1nccn1C. The van der Waals surface area contributed by atoms with Gasteiger partial charge in [-0.25, -0.2) is 4.98 Å². The molecule has 0 spiro atoms. The molecule has 0 aliphatic carbocycles. The standard InChI is InChI=1S/C13H25N3O/c1-5-6-14-12(9-11(2)10-17-4)13-15-7-8-16(13)3/h7-8,11-12,14H,5-6,9-10H2,1-4H3. The largest absolute Gasteiger partial charge is 0.384 e. The van der Waals surface area contributed by atoms with Crippen molar-refractivity contribution in [2.45, 2.75) is 32.7 Å². The monoisotopic (exact) mass is 239 g/mol. The zero-order chi connectivity index (χ0) is 12.7. The summed E-state index contributed by atoms with van der Waals surface area (Å²) in [6, 6.07) is 0.320. The zero-order valence-corrected chi connectivity index (χ0v) is 11.4. The van der Waals surface area contributed by atoms with E-state index < -0.39 is 0 Å². The summed E-state index contributed by atoms with van der Waals surface area (Å²) in [6.45, 7) is 6.22. The van der Waals surface area contributed by atoms with Crippen LogP contribution in [0.15, 0.2) is 12.4 Å². The van der Waals surface area contributed by atoms with E-state index in [1.807, 2.05) is 19.4 Å². The van der Waals surface area contributed by atoms with Crippen molar-refractivity contribution in [3.05, 3.63) is 18.2 Å². The Bertz CT molecular complexity index is 311. The number of nitrogens with zero attached hydrogens (tertiary/aromatic N) is 2. The van der Waals surface area contributed by atoms with E-state index in [0.717, 1.165) is 31.8 Å². The predicted octanol–water partition coefficient (Wildman–Crippen LogP) is 2.13. The molecule has 17 heavy (non-hydrogen) atoms. The molecule has 0 aliphatic heterocycles. The van der Waals surface area contributed by atoms with Gasteiger partial charge in [-0.2, -0.15) is 0 Å². The van der Waals surface area contributed by atoms with Gasteiger partial charge in [0.25, 0.3) is 0 Å². The molecule has 2 unspecified atom stereocenters. The molecule has 0 bridgehead atoms. The van der Waals surface area contributed by atoms with Crippen molar-refractivity contribution in [3.63, 3.8) is 0 Å². The third-order valence-corrected chi connectivity index (χ3v) is 2.90. The Kier molecular flexibility index (Phi) is 6.22. The normalized spacial score (nSPS) is 14.8. The highest BCUT2D eigenvalue weighted by molar-refractivity contribution is 4.99. The molecule has 0 amide bonds. The minimum absolute atomic E-state index is 0.320. The molecular weight excluding hydrogens is 214 g/mol. The van der Waals surface area contributed by atoms with Gasteiger partial charge >= 0.3 is 0 Å². The van der Waals surface area contributed by atoms with Crippen molar-refractivity contribution in [1.82, 2.24) is 14.9 Å². The van der Waals surface area contributed by atoms with Gasteiger partial charge in [-0.05, 0) is 25.3 Å². The average Bonchev–Trinajstić information content (AvgIpc) is 2.71. The van der Waals surface area contributed by atoms with Crippen LogP contribution < -0.4 is 5.32 Å². The summed E-state index contributed by atoms with van der Waals surface area (Å²) >= 11 is 0. The number of ether oxygens (including phenoxy) is 1. The smallest absolute Gasteiger partial charge is 0.125 e. The third kappa shape index (κ3) is 4.48. The molecule has 4 heteroatoms. The van der Waals surface area contributed by atoms with E-state index in [-0.39, 0.29) is 0 Å². The highest BCUT2D eigenvalue weighted by Crippen LogP contribution is 2.19. The molecule has 2 atom stereocenters. The molecule has 1 aromatic rings. The van der Waals surface area contributed by atoms with Gasteiger partial charge in [0.15, 0.2) is 0 Å². The summed E-state index contributed by atoms with van der Waals surface area (Å²) in [7, 11) is 3.80. The van der Waals surface area contributed by atoms with Crippen LogP contribution in [0.5, 0.6) is 0 Å². The van der Waals surface area contributed by atoms with Crippen LogP contribution in [0.3, 0.4) is 0 Å². The Hall–Kier alpha value is -0.870. The van der Waals surface area contributed by atoms with Gasteiger partial charge in [-0.3, -0.25) is 0 Å². The molecule has 1 N–H and O–H groups in total. The van der Waals surface area contributed by atoms with Gasteiger partial charge in [-0.1, -0.05) is 13.8 Å². The molecule has 0 saturated heterocycles. The van der Waals surface area contributed by atoms with E-state index >= 15 is 0 Å². The van der Waals surface area contributed by atoms with E-state index in [0.29, 0.717) is 12.0 Å². The lowest BCUT2D eigenvalue weighted by Crippen LogP contribution is -2.27. The molecule has 0 radical (unpaired) electrons. The van der Waals surface area contributed by atoms with Gasteiger partial charge in [0, 0.05) is 33.2 Å². The first-order chi connectivity index (χ1) is 8.19. The minimum atomic E-state index is 0.320. The van der Waals surface area contributed by atoms with Gasteiger partial charge in [0.1, 0.15) is 5.82 Å². The van der Waals surface area contributed by atoms with Crippen molar-refractivity contribution in [2.24, 2.45) is 13.0 Å². The zero-order valence-electron chi connectivity index (χ0n) is 11.4. The number of hydrogen-bond donors (Lipinski definition) is 1. The minimum Gasteiger partial charge on any atom is -0.384 e. The molecule has 0 saturated carbocycles. The number of imidazole rings is 1. The first-order valence-electron chi connectivity index (χ1n) is 6.38. The van der Waals surface area contributed by atoms with Crippen molar-refractivity contribution in [3.8, 4) is 0 Å². The first-order valence-corrected chi connectivity index (χ1v) is 6.38. The molecule has 0 fully saturated rings. The fourth-order valence-electron chi connectivity index (χ4n) is 2.07. The Morgan fingerprint density at radius 2 is 2.29 bits per heavy atom. The number of aryl methyl sites for hydroxylation is 1. The van der Waals surface area contributed by atoms with Crippen LogP contribution in [-0.4, -0.2) is 29.8 Å². The lowest BCUT2D eigenvalue weighted by Gasteiger charge is -2.21. The predicted molar refractivity (Wildman–Crippen MR) is 69.9 cm³/mol. The average molecular weight is 239 g/mol. The Morgan fingerprint density at radius 1 is 1.53 bits per heavy atom. The van der Waals surface area contributed by atoms with Gasteiger partial charge in [0.2, 0.25) is 0 Å². The maximum atomic E-state index is 5.20. The summed E-state index contributed by atoms with van der Waals surface area (Å²) in [4.78, 5) is 4.44. The summed E-state index contributed by atoms with van der Waals surface area (Å²) in [5.41, 5.74) is 0. The van der Waals surface area contributed by atoms with Crippen molar-refractivity contribution < 1.29 is 4.74 Å². The van der Waals surface area contributed by atoms with E-state index in [4.69, 9.17) is 4.74 Å². The van der Waals surface area contributed by atoms with Crippen molar-refractivity contribution in [2.75, 3.05) is 20.3 Å². The highest BCUT2D eigenvalue weighted by Gasteiger charge is 2.18. The lowest BCUT2D eigenvalue weighted by atomic mass is 10.0. The second-order valence-electron chi connectivity index (χ2n) is 4.70. The molecule has 1 aromatic heterocycles. The second kappa shape index (κ2) is 7.45. The van der Waals surface area contributed by atoms with E-state index in [1.165, 1.54) is 0 Å². The highest BCUT2D eigenvalue weighted by atomic mass is 16.5. The van der Waals surface area contributed by atoms with Crippen LogP contribution in [0.1, 0.15) is 38.6 Å². The maximum absolute atomic E-state index is 5.20. The second-order valence-corrected chi connectivity index (χ2v) is 4.70. The third-order valence-electron chi connectivity index (χ3n) is 2.90. The number of methoxy groups -OCH3 is 1. The molecular formula is C13H25N3O. The fourth-order valence-corrected chi connectivity index (χ4v) is 2.07. The molecule has 4 nitrogen and oxygen atoms in total. The van der Waals surface area contributed by atoms with Crippen LogP contribution >= 0.6 is 0 Å². The molecule has 0 aliphatic rings. The Morgan fingerprint density at radius 3 is 2.82 bits per heavy atom. The van der Waals surface area contributed by atoms with E-state index in [1.54, 1.807) is 7.11 Å². The van der Waals surface area contributed by atoms with Crippen LogP contribution in [0.25, 0.3) is 0 Å². The van der Waals surface area contributed by atoms with Gasteiger partial charge < -0.3 is 14.6 Å². The summed E-state index contributed by atoms with van der Waals surface area (Å²) < 4.78 is 7.29. The Labute approximate surface area is 104 Å². The topological polar surface area (TPSA) is 39.1 Å². The van der Waals surface area contributed by atoms with Crippen molar-refractivity contribution in [1.29, 1.82) is 0 Å². The van der Waals surface area contributed by atoms with Crippen LogP contribution in [-0.2, 0) is 11.8 Å². The van der Waals surface area contributed by atoms with Gasteiger partial charge in [0.05, 0.1) is 6.04 Å². The number of hydrogen-bond acceptors (Lipinski definition) is 3. The maximum Gasteiger partial charge on any atom is 0.125 e. The van der Waals surface area contributed by atoms with Crippen LogP contribution in [0, 0.1) is 5.92 Å². The first kappa shape index (κ1) is 14.2. The molecule has 98 valence electrons. The van der Waals surface area contributed by atoms with Gasteiger partial charge in [-0.15, -0.1) is 0 Å². The number of nitrogens with one attached hydrogen (secondary N) is 1. The number of rotatable bonds is 8. The van der Waals surface area contributed by atoms with E-state index in [2.05, 4.69) is 28.7 Å². The molecule has 1 heterocycles.